The summed E-state index contributed by atoms with van der Waals surface area (Å²) in [6.45, 7) is 11.0. The summed E-state index contributed by atoms with van der Waals surface area (Å²) in [5.41, 5.74) is 0. The van der Waals surface area contributed by atoms with Gasteiger partial charge in [0.15, 0.2) is 0 Å². The van der Waals surface area contributed by atoms with Crippen molar-refractivity contribution in [2.75, 3.05) is 11.5 Å². The lowest BCUT2D eigenvalue weighted by Crippen LogP contribution is -2.01. The number of rotatable bonds is 5. The highest BCUT2D eigenvalue weighted by Crippen LogP contribution is 2.34. The summed E-state index contributed by atoms with van der Waals surface area (Å²) in [5.74, 6) is 2.87. The van der Waals surface area contributed by atoms with E-state index in [1.165, 1.54) is 30.6 Å². The van der Waals surface area contributed by atoms with Crippen molar-refractivity contribution in [3.05, 3.63) is 0 Å². The van der Waals surface area contributed by atoms with E-state index in [1.807, 2.05) is 0 Å². The van der Waals surface area contributed by atoms with Crippen LogP contribution in [-0.4, -0.2) is 35.4 Å². The predicted molar refractivity (Wildman–Crippen MR) is 88.4 cm³/mol. The van der Waals surface area contributed by atoms with Crippen molar-refractivity contribution >= 4 is 36.9 Å². The van der Waals surface area contributed by atoms with Crippen LogP contribution in [0.1, 0.15) is 13.8 Å². The van der Waals surface area contributed by atoms with Gasteiger partial charge in [0.1, 0.15) is 13.4 Å². The van der Waals surface area contributed by atoms with Gasteiger partial charge in [0.05, 0.1) is 0 Å². The molecular formula is C12H28B2S2. The summed E-state index contributed by atoms with van der Waals surface area (Å²) in [4.78, 5) is 0. The lowest BCUT2D eigenvalue weighted by molar-refractivity contribution is 0.965. The van der Waals surface area contributed by atoms with Crippen LogP contribution >= 0.6 is 23.5 Å². The molecule has 16 heavy (non-hydrogen) atoms. The first-order valence-electron chi connectivity index (χ1n) is 6.31. The molecule has 0 aromatic carbocycles. The van der Waals surface area contributed by atoms with Crippen LogP contribution in [0.3, 0.4) is 0 Å². The van der Waals surface area contributed by atoms with Gasteiger partial charge in [-0.25, -0.2) is 0 Å². The van der Waals surface area contributed by atoms with Crippen LogP contribution < -0.4 is 0 Å². The lowest BCUT2D eigenvalue weighted by atomic mass is 9.51. The molecule has 0 aromatic rings. The van der Waals surface area contributed by atoms with Crippen LogP contribution in [0.4, 0.5) is 0 Å². The predicted octanol–water partition coefficient (Wildman–Crippen LogP) is 4.74. The van der Waals surface area contributed by atoms with E-state index >= 15 is 0 Å². The molecule has 2 unspecified atom stereocenters. The van der Waals surface area contributed by atoms with E-state index < -0.39 is 0 Å². The Morgan fingerprint density at radius 3 is 1.69 bits per heavy atom. The highest BCUT2D eigenvalue weighted by molar-refractivity contribution is 8.07. The van der Waals surface area contributed by atoms with Crippen LogP contribution in [0.5, 0.6) is 0 Å². The SMILES string of the molecule is C.CB(C)CC1CS1.CB(C)CCC1CS1. The monoisotopic (exact) mass is 258 g/mol. The summed E-state index contributed by atoms with van der Waals surface area (Å²) in [5, 5.41) is 2.09. The average molecular weight is 258 g/mol. The maximum Gasteiger partial charge on any atom is 0.134 e. The van der Waals surface area contributed by atoms with Gasteiger partial charge >= 0.3 is 0 Å². The van der Waals surface area contributed by atoms with Gasteiger partial charge in [-0.3, -0.25) is 0 Å². The van der Waals surface area contributed by atoms with Gasteiger partial charge in [0.2, 0.25) is 0 Å². The van der Waals surface area contributed by atoms with Crippen molar-refractivity contribution in [2.45, 2.75) is 64.3 Å². The van der Waals surface area contributed by atoms with Crippen LogP contribution in [0.25, 0.3) is 0 Å². The number of hydrogen-bond acceptors (Lipinski definition) is 2. The maximum absolute atomic E-state index is 2.30. The Morgan fingerprint density at radius 1 is 0.938 bits per heavy atom. The molecule has 0 radical (unpaired) electrons. The van der Waals surface area contributed by atoms with Gasteiger partial charge in [0, 0.05) is 22.0 Å². The molecule has 2 atom stereocenters. The maximum atomic E-state index is 2.30. The molecule has 2 saturated heterocycles. The van der Waals surface area contributed by atoms with Crippen LogP contribution in [0, 0.1) is 0 Å². The molecule has 0 aliphatic carbocycles. The van der Waals surface area contributed by atoms with E-state index in [1.54, 1.807) is 0 Å². The van der Waals surface area contributed by atoms with E-state index in [4.69, 9.17) is 0 Å². The largest absolute Gasteiger partial charge is 0.157 e. The number of hydrogen-bond donors (Lipinski definition) is 0. The molecule has 0 amide bonds. The standard InChI is InChI=1S/C6H13BS.C5H11BS.CH4/c1-7(2)4-3-6-5-8-6;1-6(2)3-5-4-7-5;/h6H,3-5H2,1-2H3;5H,3-4H2,1-2H3;1H4. The van der Waals surface area contributed by atoms with Crippen LogP contribution in [-0.2, 0) is 0 Å². The molecular weight excluding hydrogens is 230 g/mol. The van der Waals surface area contributed by atoms with Gasteiger partial charge in [-0.05, 0) is 6.42 Å². The van der Waals surface area contributed by atoms with Crippen molar-refractivity contribution in [3.8, 4) is 0 Å². The third-order valence-electron chi connectivity index (χ3n) is 2.61. The van der Waals surface area contributed by atoms with Gasteiger partial charge < -0.3 is 0 Å². The van der Waals surface area contributed by atoms with E-state index in [-0.39, 0.29) is 7.43 Å². The second-order valence-electron chi connectivity index (χ2n) is 5.51. The highest BCUT2D eigenvalue weighted by atomic mass is 32.2. The molecule has 2 aliphatic rings. The van der Waals surface area contributed by atoms with Gasteiger partial charge in [-0.2, -0.15) is 23.5 Å². The highest BCUT2D eigenvalue weighted by Gasteiger charge is 2.23. The van der Waals surface area contributed by atoms with Crippen molar-refractivity contribution in [1.82, 2.24) is 0 Å². The molecule has 94 valence electrons. The molecule has 0 aromatic heterocycles. The Labute approximate surface area is 113 Å². The normalized spacial score (nSPS) is 24.8. The topological polar surface area (TPSA) is 0 Å². The minimum atomic E-state index is 0. The second kappa shape index (κ2) is 8.85. The molecule has 0 bridgehead atoms. The molecule has 4 heteroatoms. The van der Waals surface area contributed by atoms with Gasteiger partial charge in [0.25, 0.3) is 0 Å². The molecule has 2 fully saturated rings. The van der Waals surface area contributed by atoms with Crippen molar-refractivity contribution in [2.24, 2.45) is 0 Å². The van der Waals surface area contributed by atoms with Crippen molar-refractivity contribution in [3.63, 3.8) is 0 Å². The summed E-state index contributed by atoms with van der Waals surface area (Å²) in [6.07, 6.45) is 4.32. The third kappa shape index (κ3) is 11.3. The quantitative estimate of drug-likeness (QED) is 0.516. The Morgan fingerprint density at radius 2 is 1.44 bits per heavy atom. The molecule has 0 N–H and O–H groups in total. The van der Waals surface area contributed by atoms with Gasteiger partial charge in [-0.15, -0.1) is 0 Å². The Bertz CT molecular complexity index is 164. The fourth-order valence-electron chi connectivity index (χ4n) is 1.48. The first-order valence-corrected chi connectivity index (χ1v) is 8.41. The van der Waals surface area contributed by atoms with E-state index in [2.05, 4.69) is 50.8 Å². The zero-order valence-corrected chi connectivity index (χ0v) is 12.3. The summed E-state index contributed by atoms with van der Waals surface area (Å²) in [7, 11) is 0. The Kier molecular flexibility index (Phi) is 9.31. The van der Waals surface area contributed by atoms with Crippen molar-refractivity contribution in [1.29, 1.82) is 0 Å². The Balaban J connectivity index is 0.000000267. The molecule has 0 spiro atoms. The van der Waals surface area contributed by atoms with E-state index in [0.717, 1.165) is 23.9 Å². The second-order valence-corrected chi connectivity index (χ2v) is 8.18. The van der Waals surface area contributed by atoms with E-state index in [0.29, 0.717) is 0 Å². The molecule has 0 saturated carbocycles. The summed E-state index contributed by atoms with van der Waals surface area (Å²) < 4.78 is 0. The number of thioether (sulfide) groups is 2. The van der Waals surface area contributed by atoms with Crippen LogP contribution in [0.2, 0.25) is 39.9 Å². The van der Waals surface area contributed by atoms with Crippen molar-refractivity contribution < 1.29 is 0 Å². The smallest absolute Gasteiger partial charge is 0.134 e. The third-order valence-corrected chi connectivity index (χ3v) is 4.64. The molecule has 0 nitrogen and oxygen atoms in total. The first-order chi connectivity index (χ1) is 7.08. The van der Waals surface area contributed by atoms with E-state index in [9.17, 15) is 0 Å². The molecule has 2 aliphatic heterocycles. The summed E-state index contributed by atoms with van der Waals surface area (Å²) >= 11 is 4.21. The summed E-state index contributed by atoms with van der Waals surface area (Å²) in [6, 6.07) is 0. The first kappa shape index (κ1) is 16.8. The van der Waals surface area contributed by atoms with Crippen LogP contribution in [0.15, 0.2) is 0 Å². The average Bonchev–Trinajstić information content (AvgIpc) is 2.96. The fraction of sp³-hybridized carbons (Fsp3) is 1.00. The minimum absolute atomic E-state index is 0. The Hall–Kier alpha value is 0.830. The zero-order chi connectivity index (χ0) is 11.3. The molecule has 2 heterocycles. The minimum Gasteiger partial charge on any atom is -0.157 e. The lowest BCUT2D eigenvalue weighted by Gasteiger charge is -1.95. The van der Waals surface area contributed by atoms with Gasteiger partial charge in [-0.1, -0.05) is 47.4 Å². The fourth-order valence-corrected chi connectivity index (χ4v) is 2.88. The molecule has 2 rings (SSSR count). The zero-order valence-electron chi connectivity index (χ0n) is 10.7.